The summed E-state index contributed by atoms with van der Waals surface area (Å²) in [5.74, 6) is 0.874. The predicted octanol–water partition coefficient (Wildman–Crippen LogP) is 1.76. The minimum atomic E-state index is 0.310. The fourth-order valence-electron chi connectivity index (χ4n) is 2.32. The maximum atomic E-state index is 5.70. The first-order valence-electron chi connectivity index (χ1n) is 6.49. The number of anilines is 1. The second-order valence-corrected chi connectivity index (χ2v) is 4.93. The van der Waals surface area contributed by atoms with Crippen molar-refractivity contribution < 1.29 is 9.47 Å². The van der Waals surface area contributed by atoms with Crippen LogP contribution in [-0.4, -0.2) is 43.3 Å². The van der Waals surface area contributed by atoms with Gasteiger partial charge in [0.1, 0.15) is 12.4 Å². The molecule has 18 heavy (non-hydrogen) atoms. The van der Waals surface area contributed by atoms with Crippen molar-refractivity contribution in [1.29, 1.82) is 0 Å². The van der Waals surface area contributed by atoms with Crippen LogP contribution in [0.4, 0.5) is 5.69 Å². The maximum Gasteiger partial charge on any atom is 0.119 e. The molecule has 2 N–H and O–H groups in total. The molecule has 0 spiro atoms. The van der Waals surface area contributed by atoms with Crippen molar-refractivity contribution in [2.75, 3.05) is 32.0 Å². The summed E-state index contributed by atoms with van der Waals surface area (Å²) in [6, 6.07) is 7.52. The third kappa shape index (κ3) is 3.89. The molecule has 1 heterocycles. The molecule has 2 atom stereocenters. The van der Waals surface area contributed by atoms with Gasteiger partial charge in [0.15, 0.2) is 0 Å². The third-order valence-electron chi connectivity index (χ3n) is 3.05. The topological polar surface area (TPSA) is 47.7 Å². The quantitative estimate of drug-likeness (QED) is 0.827. The van der Waals surface area contributed by atoms with Crippen molar-refractivity contribution in [3.8, 4) is 5.75 Å². The van der Waals surface area contributed by atoms with Crippen LogP contribution in [-0.2, 0) is 4.74 Å². The molecule has 0 radical (unpaired) electrons. The predicted molar refractivity (Wildman–Crippen MR) is 72.8 cm³/mol. The molecular weight excluding hydrogens is 228 g/mol. The van der Waals surface area contributed by atoms with E-state index in [0.29, 0.717) is 18.8 Å². The van der Waals surface area contributed by atoms with E-state index in [0.717, 1.165) is 31.1 Å². The summed E-state index contributed by atoms with van der Waals surface area (Å²) in [5, 5.41) is 0. The van der Waals surface area contributed by atoms with E-state index in [1.165, 1.54) is 0 Å². The van der Waals surface area contributed by atoms with E-state index in [9.17, 15) is 0 Å². The second kappa shape index (κ2) is 6.07. The number of nitrogen functional groups attached to an aromatic ring is 1. The Hall–Kier alpha value is -1.26. The summed E-state index contributed by atoms with van der Waals surface area (Å²) >= 11 is 0. The minimum absolute atomic E-state index is 0.310. The lowest BCUT2D eigenvalue weighted by atomic mass is 10.2. The van der Waals surface area contributed by atoms with E-state index in [2.05, 4.69) is 18.7 Å². The minimum Gasteiger partial charge on any atom is -0.492 e. The molecule has 0 aromatic heterocycles. The normalized spacial score (nSPS) is 25.0. The summed E-state index contributed by atoms with van der Waals surface area (Å²) in [4.78, 5) is 2.39. The Labute approximate surface area is 109 Å². The van der Waals surface area contributed by atoms with Gasteiger partial charge in [-0.25, -0.2) is 0 Å². The lowest BCUT2D eigenvalue weighted by Gasteiger charge is -2.35. The number of hydrogen-bond acceptors (Lipinski definition) is 4. The van der Waals surface area contributed by atoms with Crippen LogP contribution in [0.5, 0.6) is 5.75 Å². The highest BCUT2D eigenvalue weighted by molar-refractivity contribution is 5.41. The van der Waals surface area contributed by atoms with E-state index >= 15 is 0 Å². The van der Waals surface area contributed by atoms with Gasteiger partial charge in [0.25, 0.3) is 0 Å². The van der Waals surface area contributed by atoms with Crippen LogP contribution < -0.4 is 10.5 Å². The molecule has 0 amide bonds. The van der Waals surface area contributed by atoms with Crippen molar-refractivity contribution in [1.82, 2.24) is 4.90 Å². The number of hydrogen-bond donors (Lipinski definition) is 1. The number of benzene rings is 1. The van der Waals surface area contributed by atoms with E-state index in [4.69, 9.17) is 15.2 Å². The Balaban J connectivity index is 1.73. The van der Waals surface area contributed by atoms with Gasteiger partial charge in [-0.3, -0.25) is 4.90 Å². The van der Waals surface area contributed by atoms with Crippen LogP contribution in [0.15, 0.2) is 24.3 Å². The molecular formula is C14H22N2O2. The van der Waals surface area contributed by atoms with Gasteiger partial charge in [0.2, 0.25) is 0 Å². The van der Waals surface area contributed by atoms with Crippen LogP contribution >= 0.6 is 0 Å². The van der Waals surface area contributed by atoms with Crippen LogP contribution in [0.3, 0.4) is 0 Å². The van der Waals surface area contributed by atoms with Crippen molar-refractivity contribution in [3.63, 3.8) is 0 Å². The zero-order valence-corrected chi connectivity index (χ0v) is 11.1. The average molecular weight is 250 g/mol. The van der Waals surface area contributed by atoms with E-state index in [-0.39, 0.29) is 0 Å². The number of nitrogens with two attached hydrogens (primary N) is 1. The molecule has 0 bridgehead atoms. The molecule has 1 fully saturated rings. The second-order valence-electron chi connectivity index (χ2n) is 4.93. The summed E-state index contributed by atoms with van der Waals surface area (Å²) in [6.45, 7) is 7.82. The number of rotatable bonds is 4. The third-order valence-corrected chi connectivity index (χ3v) is 3.05. The Kier molecular flexibility index (Phi) is 4.44. The Morgan fingerprint density at radius 1 is 1.22 bits per heavy atom. The van der Waals surface area contributed by atoms with E-state index in [1.54, 1.807) is 0 Å². The molecule has 0 saturated carbocycles. The molecule has 0 unspecified atom stereocenters. The molecule has 1 aliphatic heterocycles. The fraction of sp³-hybridized carbons (Fsp3) is 0.571. The van der Waals surface area contributed by atoms with Crippen molar-refractivity contribution >= 4 is 5.69 Å². The zero-order chi connectivity index (χ0) is 13.0. The molecule has 4 nitrogen and oxygen atoms in total. The van der Waals surface area contributed by atoms with Crippen molar-refractivity contribution in [2.24, 2.45) is 0 Å². The molecule has 1 aromatic rings. The lowest BCUT2D eigenvalue weighted by molar-refractivity contribution is -0.0699. The van der Waals surface area contributed by atoms with Crippen LogP contribution in [0, 0.1) is 0 Å². The highest BCUT2D eigenvalue weighted by atomic mass is 16.5. The number of nitrogens with zero attached hydrogens (tertiary/aromatic N) is 1. The molecule has 1 aromatic carbocycles. The maximum absolute atomic E-state index is 5.70. The van der Waals surface area contributed by atoms with Gasteiger partial charge in [-0.05, 0) is 38.1 Å². The van der Waals surface area contributed by atoms with E-state index in [1.807, 2.05) is 24.3 Å². The van der Waals surface area contributed by atoms with Gasteiger partial charge in [0.05, 0.1) is 12.2 Å². The van der Waals surface area contributed by atoms with Gasteiger partial charge < -0.3 is 15.2 Å². The van der Waals surface area contributed by atoms with Gasteiger partial charge in [-0.2, -0.15) is 0 Å². The summed E-state index contributed by atoms with van der Waals surface area (Å²) < 4.78 is 11.4. The first kappa shape index (κ1) is 13.2. The SMILES string of the molecule is C[C@@H]1CN(CCOc2ccc(N)cc2)C[C@H](C)O1. The average Bonchev–Trinajstić information content (AvgIpc) is 2.30. The molecule has 2 rings (SSSR count). The highest BCUT2D eigenvalue weighted by Gasteiger charge is 2.21. The smallest absolute Gasteiger partial charge is 0.119 e. The van der Waals surface area contributed by atoms with Crippen molar-refractivity contribution in [2.45, 2.75) is 26.1 Å². The zero-order valence-electron chi connectivity index (χ0n) is 11.1. The highest BCUT2D eigenvalue weighted by Crippen LogP contribution is 2.14. The fourth-order valence-corrected chi connectivity index (χ4v) is 2.32. The molecule has 0 aliphatic carbocycles. The summed E-state index contributed by atoms with van der Waals surface area (Å²) in [6.07, 6.45) is 0.621. The lowest BCUT2D eigenvalue weighted by Crippen LogP contribution is -2.46. The van der Waals surface area contributed by atoms with E-state index < -0.39 is 0 Å². The first-order valence-corrected chi connectivity index (χ1v) is 6.49. The summed E-state index contributed by atoms with van der Waals surface area (Å²) in [5.41, 5.74) is 6.39. The number of morpholine rings is 1. The Bertz CT molecular complexity index is 357. The van der Waals surface area contributed by atoms with Gasteiger partial charge >= 0.3 is 0 Å². The van der Waals surface area contributed by atoms with Gasteiger partial charge in [0, 0.05) is 25.3 Å². The van der Waals surface area contributed by atoms with Crippen LogP contribution in [0.1, 0.15) is 13.8 Å². The summed E-state index contributed by atoms with van der Waals surface area (Å²) in [7, 11) is 0. The molecule has 1 saturated heterocycles. The molecule has 100 valence electrons. The number of ether oxygens (including phenoxy) is 2. The Morgan fingerprint density at radius 2 is 1.83 bits per heavy atom. The van der Waals surface area contributed by atoms with Crippen LogP contribution in [0.25, 0.3) is 0 Å². The molecule has 1 aliphatic rings. The van der Waals surface area contributed by atoms with Gasteiger partial charge in [-0.15, -0.1) is 0 Å². The van der Waals surface area contributed by atoms with Crippen molar-refractivity contribution in [3.05, 3.63) is 24.3 Å². The monoisotopic (exact) mass is 250 g/mol. The Morgan fingerprint density at radius 3 is 2.44 bits per heavy atom. The van der Waals surface area contributed by atoms with Crippen LogP contribution in [0.2, 0.25) is 0 Å². The first-order chi connectivity index (χ1) is 8.63. The van der Waals surface area contributed by atoms with Gasteiger partial charge in [-0.1, -0.05) is 0 Å². The molecule has 4 heteroatoms. The standard InChI is InChI=1S/C14H22N2O2/c1-11-9-16(10-12(2)18-11)7-8-17-14-5-3-13(15)4-6-14/h3-6,11-12H,7-10,15H2,1-2H3/t11-,12+. The largest absolute Gasteiger partial charge is 0.492 e.